The molecule has 33 heavy (non-hydrogen) atoms. The van der Waals surface area contributed by atoms with Crippen molar-refractivity contribution in [1.82, 2.24) is 0 Å². The summed E-state index contributed by atoms with van der Waals surface area (Å²) >= 11 is 0. The van der Waals surface area contributed by atoms with Gasteiger partial charge in [0.15, 0.2) is 0 Å². The number of rotatable bonds is 26. The molecular formula is C30H60KO2. The molecule has 1 radical (unpaired) electrons. The Bertz CT molecular complexity index is 372. The molecule has 0 heterocycles. The maximum atomic E-state index is 10.8. The van der Waals surface area contributed by atoms with E-state index in [0.717, 1.165) is 12.8 Å². The van der Waals surface area contributed by atoms with Crippen molar-refractivity contribution < 1.29 is 9.53 Å². The summed E-state index contributed by atoms with van der Waals surface area (Å²) in [5.41, 5.74) is 0. The molecule has 0 aromatic rings. The second-order valence-electron chi connectivity index (χ2n) is 10.2. The van der Waals surface area contributed by atoms with Crippen LogP contribution in [0.15, 0.2) is 0 Å². The van der Waals surface area contributed by atoms with Crippen LogP contribution >= 0.6 is 0 Å². The van der Waals surface area contributed by atoms with Gasteiger partial charge < -0.3 is 4.74 Å². The van der Waals surface area contributed by atoms with Gasteiger partial charge in [-0.05, 0) is 19.8 Å². The van der Waals surface area contributed by atoms with E-state index < -0.39 is 0 Å². The van der Waals surface area contributed by atoms with Crippen LogP contribution in [0.5, 0.6) is 0 Å². The number of carbonyl (C=O) groups excluding carboxylic acids is 1. The Morgan fingerprint density at radius 2 is 0.788 bits per heavy atom. The zero-order valence-corrected chi connectivity index (χ0v) is 22.3. The Hall–Kier alpha value is 1.11. The second kappa shape index (κ2) is 31.1. The monoisotopic (exact) mass is 491 g/mol. The van der Waals surface area contributed by atoms with Gasteiger partial charge in [0, 0.05) is 6.92 Å². The first-order valence-corrected chi connectivity index (χ1v) is 14.7. The van der Waals surface area contributed by atoms with E-state index in [-0.39, 0.29) is 63.5 Å². The molecule has 0 saturated heterocycles. The third-order valence-corrected chi connectivity index (χ3v) is 6.71. The molecule has 0 aromatic carbocycles. The van der Waals surface area contributed by atoms with Gasteiger partial charge in [0.25, 0.3) is 0 Å². The molecule has 193 valence electrons. The molecule has 0 amide bonds. The molecule has 0 aliphatic carbocycles. The summed E-state index contributed by atoms with van der Waals surface area (Å²) in [4.78, 5) is 10.8. The quantitative estimate of drug-likeness (QED) is 0.0683. The number of hydrogen-bond donors (Lipinski definition) is 0. The number of hydrogen-bond acceptors (Lipinski definition) is 2. The van der Waals surface area contributed by atoms with Crippen molar-refractivity contribution in [3.05, 3.63) is 6.92 Å². The van der Waals surface area contributed by atoms with E-state index in [0.29, 0.717) is 0 Å². The Balaban J connectivity index is 0. The zero-order valence-electron chi connectivity index (χ0n) is 22.3. The van der Waals surface area contributed by atoms with Crippen LogP contribution in [0, 0.1) is 6.92 Å². The van der Waals surface area contributed by atoms with Crippen molar-refractivity contribution in [2.45, 2.75) is 180 Å². The van der Waals surface area contributed by atoms with Gasteiger partial charge in [0.1, 0.15) is 6.10 Å². The Kier molecular flexibility index (Phi) is 34.2. The van der Waals surface area contributed by atoms with Crippen molar-refractivity contribution in [3.63, 3.8) is 0 Å². The third kappa shape index (κ3) is 33.1. The molecular weight excluding hydrogens is 431 g/mol. The minimum atomic E-state index is -0.214. The summed E-state index contributed by atoms with van der Waals surface area (Å²) < 4.78 is 5.05. The van der Waals surface area contributed by atoms with Crippen LogP contribution in [0.1, 0.15) is 174 Å². The molecule has 1 unspecified atom stereocenters. The fourth-order valence-electron chi connectivity index (χ4n) is 4.63. The van der Waals surface area contributed by atoms with Crippen LogP contribution in [0.2, 0.25) is 0 Å². The van der Waals surface area contributed by atoms with Gasteiger partial charge in [-0.2, -0.15) is 0 Å². The fraction of sp³-hybridized carbons (Fsp3) is 0.933. The summed E-state index contributed by atoms with van der Waals surface area (Å²) in [7, 11) is 0. The first-order valence-electron chi connectivity index (χ1n) is 14.7. The Labute approximate surface area is 252 Å². The zero-order chi connectivity index (χ0) is 23.5. The van der Waals surface area contributed by atoms with Crippen molar-refractivity contribution in [2.75, 3.05) is 0 Å². The first-order chi connectivity index (χ1) is 15.7. The summed E-state index contributed by atoms with van der Waals surface area (Å²) in [6, 6.07) is 0. The molecule has 0 aliphatic heterocycles. The van der Waals surface area contributed by atoms with Crippen molar-refractivity contribution >= 4 is 57.4 Å². The Morgan fingerprint density at radius 1 is 0.545 bits per heavy atom. The van der Waals surface area contributed by atoms with Crippen molar-refractivity contribution in [3.8, 4) is 0 Å². The normalized spacial score (nSPS) is 11.8. The number of unbranched alkanes of at least 4 members (excludes halogenated alkanes) is 23. The summed E-state index contributed by atoms with van der Waals surface area (Å²) in [6.45, 7) is 7.62. The van der Waals surface area contributed by atoms with Gasteiger partial charge >= 0.3 is 57.4 Å². The number of esters is 1. The average molecular weight is 492 g/mol. The van der Waals surface area contributed by atoms with Gasteiger partial charge in [-0.25, -0.2) is 0 Å². The number of ether oxygens (including phenoxy) is 1. The molecule has 0 spiro atoms. The second-order valence-corrected chi connectivity index (χ2v) is 10.2. The molecule has 3 heteroatoms. The van der Waals surface area contributed by atoms with Crippen molar-refractivity contribution in [1.29, 1.82) is 0 Å². The van der Waals surface area contributed by atoms with E-state index in [4.69, 9.17) is 4.74 Å². The first kappa shape index (κ1) is 36.3. The predicted octanol–water partition coefficient (Wildman–Crippen LogP) is 9.88. The van der Waals surface area contributed by atoms with E-state index in [1.54, 1.807) is 0 Å². The van der Waals surface area contributed by atoms with Gasteiger partial charge in [0.2, 0.25) is 0 Å². The van der Waals surface area contributed by atoms with Crippen LogP contribution in [0.25, 0.3) is 0 Å². The molecule has 0 N–H and O–H groups in total. The molecule has 0 aliphatic rings. The van der Waals surface area contributed by atoms with E-state index in [1.807, 2.05) is 0 Å². The number of carbonyl (C=O) groups is 1. The average Bonchev–Trinajstić information content (AvgIpc) is 2.76. The minimum absolute atomic E-state index is 0. The third-order valence-electron chi connectivity index (χ3n) is 6.71. The molecule has 0 fully saturated rings. The SMILES string of the molecule is [CH2]C(CCCCCCCCCCCCCCCCCCCCCCCCCC)OC(C)=O.[KH]. The predicted molar refractivity (Wildman–Crippen MR) is 149 cm³/mol. The van der Waals surface area contributed by atoms with Gasteiger partial charge in [-0.3, -0.25) is 4.79 Å². The topological polar surface area (TPSA) is 26.3 Å². The van der Waals surface area contributed by atoms with Gasteiger partial charge in [-0.15, -0.1) is 0 Å². The molecule has 1 atom stereocenters. The molecule has 0 bridgehead atoms. The summed E-state index contributed by atoms with van der Waals surface area (Å²) in [5.74, 6) is -0.214. The van der Waals surface area contributed by atoms with Crippen LogP contribution < -0.4 is 0 Å². The van der Waals surface area contributed by atoms with E-state index in [9.17, 15) is 4.79 Å². The standard InChI is InChI=1S/C30H59O2.K.H/c1-4-5-6-7-8-9-10-11-12-13-14-15-16-17-18-19-20-21-22-23-24-25-26-27-28-29(2)32-30(3)31;;/h29H,2,4-28H2,1,3H3;;. The van der Waals surface area contributed by atoms with E-state index >= 15 is 0 Å². The maximum absolute atomic E-state index is 10.8. The molecule has 0 saturated carbocycles. The van der Waals surface area contributed by atoms with Crippen molar-refractivity contribution in [2.24, 2.45) is 0 Å². The van der Waals surface area contributed by atoms with Gasteiger partial charge in [-0.1, -0.05) is 155 Å². The molecule has 2 nitrogen and oxygen atoms in total. The fourth-order valence-corrected chi connectivity index (χ4v) is 4.63. The van der Waals surface area contributed by atoms with E-state index in [2.05, 4.69) is 13.8 Å². The van der Waals surface area contributed by atoms with Gasteiger partial charge in [0.05, 0.1) is 0 Å². The van der Waals surface area contributed by atoms with Crippen LogP contribution in [0.3, 0.4) is 0 Å². The molecule has 0 aromatic heterocycles. The van der Waals surface area contributed by atoms with Crippen LogP contribution in [0.4, 0.5) is 0 Å². The molecule has 0 rings (SSSR count). The summed E-state index contributed by atoms with van der Waals surface area (Å²) in [5, 5.41) is 0. The van der Waals surface area contributed by atoms with Crippen LogP contribution in [-0.4, -0.2) is 63.5 Å². The van der Waals surface area contributed by atoms with Crippen LogP contribution in [-0.2, 0) is 9.53 Å². The summed E-state index contributed by atoms with van der Waals surface area (Å²) in [6.07, 6.45) is 34.7. The van der Waals surface area contributed by atoms with E-state index in [1.165, 1.54) is 155 Å². The Morgan fingerprint density at radius 3 is 1.03 bits per heavy atom.